The zero-order valence-electron chi connectivity index (χ0n) is 13.7. The van der Waals surface area contributed by atoms with E-state index >= 15 is 0 Å². The van der Waals surface area contributed by atoms with E-state index in [2.05, 4.69) is 37.9 Å². The van der Waals surface area contributed by atoms with E-state index in [4.69, 9.17) is 9.47 Å². The van der Waals surface area contributed by atoms with Gasteiger partial charge in [0, 0.05) is 43.7 Å². The van der Waals surface area contributed by atoms with Gasteiger partial charge in [-0.3, -0.25) is 4.90 Å². The normalized spacial score (nSPS) is 36.5. The number of morpholine rings is 1. The first kappa shape index (κ1) is 16.2. The predicted molar refractivity (Wildman–Crippen MR) is 82.1 cm³/mol. The first-order valence-corrected chi connectivity index (χ1v) is 8.17. The molecule has 118 valence electrons. The fraction of sp³-hybridized carbons (Fsp3) is 1.00. The van der Waals surface area contributed by atoms with Crippen LogP contribution in [0.4, 0.5) is 0 Å². The van der Waals surface area contributed by atoms with Crippen molar-refractivity contribution in [1.82, 2.24) is 10.2 Å². The SMILES string of the molecule is CC(C)NCC1(CN2CC(C)OCC2C)CCCOC1. The summed E-state index contributed by atoms with van der Waals surface area (Å²) in [6, 6.07) is 1.05. The second kappa shape index (κ2) is 7.21. The van der Waals surface area contributed by atoms with E-state index in [0.29, 0.717) is 18.2 Å². The molecule has 4 heteroatoms. The van der Waals surface area contributed by atoms with Crippen LogP contribution in [0.25, 0.3) is 0 Å². The quantitative estimate of drug-likeness (QED) is 0.836. The standard InChI is InChI=1S/C16H32N2O2/c1-13(2)17-10-16(6-5-7-19-12-16)11-18-8-15(4)20-9-14(18)3/h13-15,17H,5-12H2,1-4H3. The number of nitrogens with zero attached hydrogens (tertiary/aromatic N) is 1. The third-order valence-corrected chi connectivity index (χ3v) is 4.56. The first-order valence-electron chi connectivity index (χ1n) is 8.17. The van der Waals surface area contributed by atoms with Crippen LogP contribution in [0.5, 0.6) is 0 Å². The maximum Gasteiger partial charge on any atom is 0.0674 e. The molecule has 1 N–H and O–H groups in total. The average molecular weight is 284 g/mol. The molecular formula is C16H32N2O2. The third-order valence-electron chi connectivity index (χ3n) is 4.56. The lowest BCUT2D eigenvalue weighted by molar-refractivity contribution is -0.0858. The van der Waals surface area contributed by atoms with Gasteiger partial charge in [0.1, 0.15) is 0 Å². The lowest BCUT2D eigenvalue weighted by Crippen LogP contribution is -2.56. The zero-order valence-corrected chi connectivity index (χ0v) is 13.7. The molecule has 2 aliphatic rings. The van der Waals surface area contributed by atoms with Crippen molar-refractivity contribution in [2.45, 2.75) is 58.7 Å². The van der Waals surface area contributed by atoms with Crippen LogP contribution < -0.4 is 5.32 Å². The Bertz CT molecular complexity index is 290. The molecule has 2 rings (SSSR count). The Balaban J connectivity index is 1.98. The molecule has 0 aromatic heterocycles. The van der Waals surface area contributed by atoms with E-state index in [1.165, 1.54) is 12.8 Å². The van der Waals surface area contributed by atoms with Crippen molar-refractivity contribution in [2.75, 3.05) is 39.5 Å². The summed E-state index contributed by atoms with van der Waals surface area (Å²) in [7, 11) is 0. The molecule has 0 saturated carbocycles. The van der Waals surface area contributed by atoms with Crippen LogP contribution in [0.15, 0.2) is 0 Å². The minimum atomic E-state index is 0.272. The van der Waals surface area contributed by atoms with Gasteiger partial charge >= 0.3 is 0 Å². The van der Waals surface area contributed by atoms with E-state index in [-0.39, 0.29) is 5.41 Å². The van der Waals surface area contributed by atoms with Crippen molar-refractivity contribution in [3.63, 3.8) is 0 Å². The van der Waals surface area contributed by atoms with Crippen LogP contribution in [0.2, 0.25) is 0 Å². The second-order valence-corrected chi connectivity index (χ2v) is 7.11. The highest BCUT2D eigenvalue weighted by molar-refractivity contribution is 4.90. The van der Waals surface area contributed by atoms with Gasteiger partial charge in [0.2, 0.25) is 0 Å². The molecule has 0 amide bonds. The second-order valence-electron chi connectivity index (χ2n) is 7.11. The van der Waals surface area contributed by atoms with E-state index in [1.807, 2.05) is 0 Å². The van der Waals surface area contributed by atoms with Gasteiger partial charge in [0.15, 0.2) is 0 Å². The summed E-state index contributed by atoms with van der Waals surface area (Å²) >= 11 is 0. The Morgan fingerprint density at radius 1 is 1.35 bits per heavy atom. The Kier molecular flexibility index (Phi) is 5.84. The smallest absolute Gasteiger partial charge is 0.0674 e. The summed E-state index contributed by atoms with van der Waals surface area (Å²) in [5, 5.41) is 3.63. The van der Waals surface area contributed by atoms with Crippen molar-refractivity contribution in [1.29, 1.82) is 0 Å². The largest absolute Gasteiger partial charge is 0.381 e. The summed E-state index contributed by atoms with van der Waals surface area (Å²) in [6.07, 6.45) is 2.81. The molecule has 0 aromatic rings. The molecule has 20 heavy (non-hydrogen) atoms. The Morgan fingerprint density at radius 2 is 2.15 bits per heavy atom. The van der Waals surface area contributed by atoms with Gasteiger partial charge in [-0.15, -0.1) is 0 Å². The fourth-order valence-electron chi connectivity index (χ4n) is 3.27. The van der Waals surface area contributed by atoms with Crippen LogP contribution in [0.3, 0.4) is 0 Å². The van der Waals surface area contributed by atoms with Gasteiger partial charge in [0.25, 0.3) is 0 Å². The van der Waals surface area contributed by atoms with Gasteiger partial charge in [-0.25, -0.2) is 0 Å². The van der Waals surface area contributed by atoms with Crippen LogP contribution in [-0.2, 0) is 9.47 Å². The molecule has 0 radical (unpaired) electrons. The van der Waals surface area contributed by atoms with Crippen molar-refractivity contribution >= 4 is 0 Å². The van der Waals surface area contributed by atoms with Gasteiger partial charge in [-0.05, 0) is 26.7 Å². The zero-order chi connectivity index (χ0) is 14.6. The molecular weight excluding hydrogens is 252 g/mol. The first-order chi connectivity index (χ1) is 9.51. The van der Waals surface area contributed by atoms with E-state index < -0.39 is 0 Å². The van der Waals surface area contributed by atoms with Gasteiger partial charge < -0.3 is 14.8 Å². The topological polar surface area (TPSA) is 33.7 Å². The van der Waals surface area contributed by atoms with E-state index in [0.717, 1.165) is 39.5 Å². The molecule has 3 unspecified atom stereocenters. The monoisotopic (exact) mass is 284 g/mol. The van der Waals surface area contributed by atoms with Crippen molar-refractivity contribution in [2.24, 2.45) is 5.41 Å². The summed E-state index contributed by atoms with van der Waals surface area (Å²) in [5.41, 5.74) is 0.272. The van der Waals surface area contributed by atoms with Crippen LogP contribution in [0, 0.1) is 5.41 Å². The summed E-state index contributed by atoms with van der Waals surface area (Å²) in [6.45, 7) is 14.8. The summed E-state index contributed by atoms with van der Waals surface area (Å²) in [4.78, 5) is 2.60. The van der Waals surface area contributed by atoms with Crippen LogP contribution in [0.1, 0.15) is 40.5 Å². The van der Waals surface area contributed by atoms with Gasteiger partial charge in [-0.2, -0.15) is 0 Å². The highest BCUT2D eigenvalue weighted by atomic mass is 16.5. The molecule has 4 nitrogen and oxygen atoms in total. The summed E-state index contributed by atoms with van der Waals surface area (Å²) in [5.74, 6) is 0. The number of nitrogens with one attached hydrogen (secondary N) is 1. The molecule has 0 spiro atoms. The maximum atomic E-state index is 5.82. The highest BCUT2D eigenvalue weighted by Crippen LogP contribution is 2.31. The molecule has 2 aliphatic heterocycles. The van der Waals surface area contributed by atoms with Crippen molar-refractivity contribution in [3.05, 3.63) is 0 Å². The number of hydrogen-bond acceptors (Lipinski definition) is 4. The average Bonchev–Trinajstić information content (AvgIpc) is 2.42. The molecule has 2 heterocycles. The molecule has 0 aromatic carbocycles. The minimum Gasteiger partial charge on any atom is -0.381 e. The molecule has 3 atom stereocenters. The van der Waals surface area contributed by atoms with Crippen molar-refractivity contribution in [3.8, 4) is 0 Å². The Labute approximate surface area is 124 Å². The Hall–Kier alpha value is -0.160. The van der Waals surface area contributed by atoms with Crippen LogP contribution >= 0.6 is 0 Å². The molecule has 2 saturated heterocycles. The van der Waals surface area contributed by atoms with E-state index in [1.54, 1.807) is 0 Å². The minimum absolute atomic E-state index is 0.272. The lowest BCUT2D eigenvalue weighted by atomic mass is 9.81. The molecule has 0 bridgehead atoms. The number of rotatable bonds is 5. The van der Waals surface area contributed by atoms with Crippen molar-refractivity contribution < 1.29 is 9.47 Å². The van der Waals surface area contributed by atoms with Crippen LogP contribution in [-0.4, -0.2) is 62.5 Å². The molecule has 0 aliphatic carbocycles. The third kappa shape index (κ3) is 4.42. The summed E-state index contributed by atoms with van der Waals surface area (Å²) < 4.78 is 11.6. The van der Waals surface area contributed by atoms with Gasteiger partial charge in [-0.1, -0.05) is 13.8 Å². The fourth-order valence-corrected chi connectivity index (χ4v) is 3.27. The maximum absolute atomic E-state index is 5.82. The van der Waals surface area contributed by atoms with Gasteiger partial charge in [0.05, 0.1) is 19.3 Å². The van der Waals surface area contributed by atoms with E-state index in [9.17, 15) is 0 Å². The number of hydrogen-bond donors (Lipinski definition) is 1. The molecule has 2 fully saturated rings. The highest BCUT2D eigenvalue weighted by Gasteiger charge is 2.37. The Morgan fingerprint density at radius 3 is 2.80 bits per heavy atom. The lowest BCUT2D eigenvalue weighted by Gasteiger charge is -2.45. The predicted octanol–water partition coefficient (Wildman–Crippen LogP) is 1.89. The number of ether oxygens (including phenoxy) is 2.